The van der Waals surface area contributed by atoms with E-state index in [9.17, 15) is 0 Å². The summed E-state index contributed by atoms with van der Waals surface area (Å²) in [6.07, 6.45) is 7.92. The second-order valence-corrected chi connectivity index (χ2v) is 6.04. The van der Waals surface area contributed by atoms with Crippen molar-refractivity contribution in [2.45, 2.75) is 51.6 Å². The molecule has 0 aromatic carbocycles. The predicted molar refractivity (Wildman–Crippen MR) is 103 cm³/mol. The average molecular weight is 424 g/mol. The van der Waals surface area contributed by atoms with Gasteiger partial charge in [0.1, 0.15) is 0 Å². The molecule has 2 fully saturated rings. The molecule has 2 saturated heterocycles. The maximum absolute atomic E-state index is 5.61. The van der Waals surface area contributed by atoms with Gasteiger partial charge < -0.3 is 20.3 Å². The monoisotopic (exact) mass is 424 g/mol. The Bertz CT molecular complexity index is 303. The van der Waals surface area contributed by atoms with Crippen LogP contribution in [0.4, 0.5) is 0 Å². The molecule has 2 heterocycles. The van der Waals surface area contributed by atoms with Crippen LogP contribution in [0.15, 0.2) is 4.99 Å². The van der Waals surface area contributed by atoms with Gasteiger partial charge in [0.15, 0.2) is 5.96 Å². The molecule has 0 spiro atoms. The smallest absolute Gasteiger partial charge is 0.191 e. The largest absolute Gasteiger partial charge is 0.376 e. The Morgan fingerprint density at radius 1 is 1.18 bits per heavy atom. The fraction of sp³-hybridized carbons (Fsp3) is 0.938. The van der Waals surface area contributed by atoms with E-state index in [-0.39, 0.29) is 24.0 Å². The Morgan fingerprint density at radius 2 is 2.00 bits per heavy atom. The number of rotatable bonds is 8. The fourth-order valence-corrected chi connectivity index (χ4v) is 3.00. The molecular weight excluding hydrogens is 391 g/mol. The van der Waals surface area contributed by atoms with Crippen molar-refractivity contribution in [1.29, 1.82) is 0 Å². The zero-order chi connectivity index (χ0) is 14.8. The van der Waals surface area contributed by atoms with E-state index in [1.165, 1.54) is 51.7 Å². The molecule has 0 radical (unpaired) electrons. The molecule has 6 heteroatoms. The van der Waals surface area contributed by atoms with Gasteiger partial charge in [0.25, 0.3) is 0 Å². The first-order valence-corrected chi connectivity index (χ1v) is 8.74. The van der Waals surface area contributed by atoms with E-state index in [4.69, 9.17) is 4.74 Å². The summed E-state index contributed by atoms with van der Waals surface area (Å²) in [5, 5.41) is 6.75. The third-order valence-corrected chi connectivity index (χ3v) is 4.21. The first-order chi connectivity index (χ1) is 10.4. The van der Waals surface area contributed by atoms with Crippen LogP contribution in [-0.2, 0) is 4.74 Å². The van der Waals surface area contributed by atoms with Crippen molar-refractivity contribution in [3.05, 3.63) is 0 Å². The molecule has 2 aliphatic heterocycles. The molecule has 1 unspecified atom stereocenters. The maximum atomic E-state index is 5.61. The summed E-state index contributed by atoms with van der Waals surface area (Å²) < 4.78 is 5.61. The summed E-state index contributed by atoms with van der Waals surface area (Å²) in [6.45, 7) is 9.57. The summed E-state index contributed by atoms with van der Waals surface area (Å²) in [4.78, 5) is 7.21. The molecule has 0 bridgehead atoms. The second kappa shape index (κ2) is 12.4. The molecule has 1 atom stereocenters. The number of ether oxygens (including phenoxy) is 1. The van der Waals surface area contributed by atoms with Gasteiger partial charge >= 0.3 is 0 Å². The van der Waals surface area contributed by atoms with Crippen molar-refractivity contribution < 1.29 is 4.74 Å². The highest BCUT2D eigenvalue weighted by Gasteiger charge is 2.14. The Balaban J connectivity index is 0.00000242. The number of halogens is 1. The van der Waals surface area contributed by atoms with E-state index in [0.717, 1.165) is 38.6 Å². The fourth-order valence-electron chi connectivity index (χ4n) is 3.00. The summed E-state index contributed by atoms with van der Waals surface area (Å²) in [6, 6.07) is 0. The maximum Gasteiger partial charge on any atom is 0.191 e. The lowest BCUT2D eigenvalue weighted by Gasteiger charge is -2.15. The average Bonchev–Trinajstić information content (AvgIpc) is 3.17. The van der Waals surface area contributed by atoms with Crippen molar-refractivity contribution in [1.82, 2.24) is 15.5 Å². The summed E-state index contributed by atoms with van der Waals surface area (Å²) >= 11 is 0. The van der Waals surface area contributed by atoms with E-state index in [2.05, 4.69) is 27.4 Å². The van der Waals surface area contributed by atoms with E-state index in [1.807, 2.05) is 0 Å². The van der Waals surface area contributed by atoms with Crippen LogP contribution in [0.5, 0.6) is 0 Å². The van der Waals surface area contributed by atoms with Gasteiger partial charge in [0.2, 0.25) is 0 Å². The third kappa shape index (κ3) is 7.97. The number of hydrogen-bond donors (Lipinski definition) is 2. The minimum absolute atomic E-state index is 0. The van der Waals surface area contributed by atoms with Crippen LogP contribution in [0.1, 0.15) is 45.4 Å². The molecule has 130 valence electrons. The first kappa shape index (κ1) is 20.0. The van der Waals surface area contributed by atoms with Crippen molar-refractivity contribution in [3.63, 3.8) is 0 Å². The quantitative estimate of drug-likeness (QED) is 0.272. The first-order valence-electron chi connectivity index (χ1n) is 8.74. The van der Waals surface area contributed by atoms with Crippen LogP contribution < -0.4 is 10.6 Å². The predicted octanol–water partition coefficient (Wildman–Crippen LogP) is 2.21. The number of guanidine groups is 1. The summed E-state index contributed by atoms with van der Waals surface area (Å²) in [5.41, 5.74) is 0. The van der Waals surface area contributed by atoms with Gasteiger partial charge in [0.05, 0.1) is 12.6 Å². The molecule has 5 nitrogen and oxygen atoms in total. The van der Waals surface area contributed by atoms with Crippen LogP contribution in [-0.4, -0.2) is 62.8 Å². The molecule has 0 aromatic rings. The molecular formula is C16H33IN4O. The second-order valence-electron chi connectivity index (χ2n) is 6.04. The number of unbranched alkanes of at least 4 members (excludes halogenated alkanes) is 1. The number of likely N-dealkylation sites (tertiary alicyclic amines) is 1. The van der Waals surface area contributed by atoms with Gasteiger partial charge in [0, 0.05) is 19.7 Å². The molecule has 2 rings (SSSR count). The van der Waals surface area contributed by atoms with Gasteiger partial charge in [-0.1, -0.05) is 0 Å². The number of aliphatic imine (C=N–C) groups is 1. The van der Waals surface area contributed by atoms with Crippen LogP contribution in [0.3, 0.4) is 0 Å². The standard InChI is InChI=1S/C16H32N4O.HI/c1-2-17-16(19-14-15-8-7-13-21-15)18-9-3-4-10-20-11-5-6-12-20;/h15H,2-14H2,1H3,(H2,17,18,19);1H. The zero-order valence-corrected chi connectivity index (χ0v) is 16.3. The van der Waals surface area contributed by atoms with Gasteiger partial charge in [-0.2, -0.15) is 0 Å². The molecule has 22 heavy (non-hydrogen) atoms. The van der Waals surface area contributed by atoms with Crippen molar-refractivity contribution in [2.75, 3.05) is 45.9 Å². The zero-order valence-electron chi connectivity index (χ0n) is 14.0. The minimum atomic E-state index is 0. The van der Waals surface area contributed by atoms with Gasteiger partial charge in [-0.05, 0) is 65.1 Å². The Hall–Kier alpha value is -0.0800. The highest BCUT2D eigenvalue weighted by atomic mass is 127. The topological polar surface area (TPSA) is 48.9 Å². The van der Waals surface area contributed by atoms with Gasteiger partial charge in [-0.25, -0.2) is 0 Å². The SMILES string of the molecule is CCNC(=NCC1CCCO1)NCCCCN1CCCC1.I. The molecule has 0 aliphatic carbocycles. The third-order valence-electron chi connectivity index (χ3n) is 4.21. The normalized spacial score (nSPS) is 22.6. The number of nitrogens with zero attached hydrogens (tertiary/aromatic N) is 2. The molecule has 0 saturated carbocycles. The van der Waals surface area contributed by atoms with Crippen LogP contribution >= 0.6 is 24.0 Å². The number of nitrogens with one attached hydrogen (secondary N) is 2. The summed E-state index contributed by atoms with van der Waals surface area (Å²) in [7, 11) is 0. The van der Waals surface area contributed by atoms with Crippen molar-refractivity contribution in [3.8, 4) is 0 Å². The van der Waals surface area contributed by atoms with Gasteiger partial charge in [-0.3, -0.25) is 4.99 Å². The number of hydrogen-bond acceptors (Lipinski definition) is 3. The molecule has 0 aromatic heterocycles. The van der Waals surface area contributed by atoms with Crippen molar-refractivity contribution >= 4 is 29.9 Å². The van der Waals surface area contributed by atoms with Gasteiger partial charge in [-0.15, -0.1) is 24.0 Å². The Morgan fingerprint density at radius 3 is 2.68 bits per heavy atom. The summed E-state index contributed by atoms with van der Waals surface area (Å²) in [5.74, 6) is 0.939. The highest BCUT2D eigenvalue weighted by Crippen LogP contribution is 2.11. The van der Waals surface area contributed by atoms with E-state index < -0.39 is 0 Å². The molecule has 2 aliphatic rings. The lowest BCUT2D eigenvalue weighted by molar-refractivity contribution is 0.117. The lowest BCUT2D eigenvalue weighted by Crippen LogP contribution is -2.38. The lowest BCUT2D eigenvalue weighted by atomic mass is 10.2. The van der Waals surface area contributed by atoms with E-state index >= 15 is 0 Å². The highest BCUT2D eigenvalue weighted by molar-refractivity contribution is 14.0. The van der Waals surface area contributed by atoms with E-state index in [0.29, 0.717) is 6.10 Å². The van der Waals surface area contributed by atoms with Crippen molar-refractivity contribution in [2.24, 2.45) is 4.99 Å². The van der Waals surface area contributed by atoms with Crippen LogP contribution in [0.2, 0.25) is 0 Å². The minimum Gasteiger partial charge on any atom is -0.376 e. The van der Waals surface area contributed by atoms with Crippen LogP contribution in [0, 0.1) is 0 Å². The molecule has 0 amide bonds. The van der Waals surface area contributed by atoms with Crippen LogP contribution in [0.25, 0.3) is 0 Å². The molecule has 2 N–H and O–H groups in total. The Labute approximate surface area is 152 Å². The Kier molecular flexibility index (Phi) is 11.2. The van der Waals surface area contributed by atoms with E-state index in [1.54, 1.807) is 0 Å².